The molecule has 0 saturated carbocycles. The lowest BCUT2D eigenvalue weighted by molar-refractivity contribution is 1.18. The van der Waals surface area contributed by atoms with Crippen LogP contribution in [0.3, 0.4) is 0 Å². The maximum atomic E-state index is 2.39. The number of hydrogen-bond donors (Lipinski definition) is 0. The Balaban J connectivity index is 2.28. The fourth-order valence-electron chi connectivity index (χ4n) is 3.55. The minimum absolute atomic E-state index is 1.19. The molecule has 0 heterocycles. The van der Waals surface area contributed by atoms with Crippen molar-refractivity contribution in [2.45, 2.75) is 34.6 Å². The van der Waals surface area contributed by atoms with Crippen LogP contribution in [0, 0.1) is 34.6 Å². The van der Waals surface area contributed by atoms with Crippen molar-refractivity contribution in [2.75, 3.05) is 4.90 Å². The highest BCUT2D eigenvalue weighted by Crippen LogP contribution is 2.40. The van der Waals surface area contributed by atoms with Gasteiger partial charge in [0.2, 0.25) is 0 Å². The fraction of sp³-hybridized carbons (Fsp3) is 0.217. The van der Waals surface area contributed by atoms with E-state index < -0.39 is 0 Å². The van der Waals surface area contributed by atoms with E-state index >= 15 is 0 Å². The van der Waals surface area contributed by atoms with Crippen LogP contribution in [0.4, 0.5) is 17.1 Å². The topological polar surface area (TPSA) is 3.24 Å². The molecule has 0 saturated heterocycles. The first-order valence-electron chi connectivity index (χ1n) is 8.47. The van der Waals surface area contributed by atoms with Crippen LogP contribution in [-0.4, -0.2) is 0 Å². The molecule has 0 amide bonds. The largest absolute Gasteiger partial charge is 0.310 e. The quantitative estimate of drug-likeness (QED) is 0.520. The van der Waals surface area contributed by atoms with Crippen molar-refractivity contribution in [3.8, 4) is 0 Å². The van der Waals surface area contributed by atoms with Crippen LogP contribution >= 0.6 is 0 Å². The van der Waals surface area contributed by atoms with Crippen LogP contribution in [0.1, 0.15) is 27.8 Å². The van der Waals surface area contributed by atoms with Gasteiger partial charge >= 0.3 is 0 Å². The predicted octanol–water partition coefficient (Wildman–Crippen LogP) is 6.70. The molecule has 3 rings (SSSR count). The molecule has 24 heavy (non-hydrogen) atoms. The highest BCUT2D eigenvalue weighted by molar-refractivity contribution is 5.82. The summed E-state index contributed by atoms with van der Waals surface area (Å²) < 4.78 is 0. The van der Waals surface area contributed by atoms with Gasteiger partial charge in [0, 0.05) is 11.4 Å². The number of aryl methyl sites for hydroxylation is 5. The Bertz CT molecular complexity index is 839. The molecule has 0 bridgehead atoms. The van der Waals surface area contributed by atoms with Gasteiger partial charge in [0.25, 0.3) is 0 Å². The van der Waals surface area contributed by atoms with Gasteiger partial charge in [-0.2, -0.15) is 0 Å². The molecule has 0 aromatic heterocycles. The molecule has 0 spiro atoms. The van der Waals surface area contributed by atoms with Gasteiger partial charge in [0.1, 0.15) is 0 Å². The first kappa shape index (κ1) is 16.3. The Morgan fingerprint density at radius 2 is 1.17 bits per heavy atom. The average Bonchev–Trinajstić information content (AvgIpc) is 2.52. The van der Waals surface area contributed by atoms with E-state index in [1.165, 1.54) is 44.9 Å². The second kappa shape index (κ2) is 6.52. The molecule has 1 heteroatoms. The summed E-state index contributed by atoms with van der Waals surface area (Å²) >= 11 is 0. The molecule has 0 radical (unpaired) electrons. The standard InChI is InChI=1S/C23H25N/c1-16-11-12-22(18(3)13-16)24(21-9-7-6-8-10-21)23-19(4)14-17(2)15-20(23)5/h6-15H,1-5H3. The number of anilines is 3. The first-order chi connectivity index (χ1) is 11.5. The average molecular weight is 315 g/mol. The molecule has 0 aliphatic rings. The molecule has 3 aromatic rings. The van der Waals surface area contributed by atoms with E-state index in [9.17, 15) is 0 Å². The van der Waals surface area contributed by atoms with Crippen molar-refractivity contribution in [2.24, 2.45) is 0 Å². The molecule has 1 nitrogen and oxygen atoms in total. The van der Waals surface area contributed by atoms with E-state index in [0.717, 1.165) is 0 Å². The number of rotatable bonds is 3. The summed E-state index contributed by atoms with van der Waals surface area (Å²) in [6.07, 6.45) is 0. The van der Waals surface area contributed by atoms with Crippen molar-refractivity contribution < 1.29 is 0 Å². The lowest BCUT2D eigenvalue weighted by atomic mass is 10.0. The van der Waals surface area contributed by atoms with Gasteiger partial charge in [-0.1, -0.05) is 53.6 Å². The zero-order chi connectivity index (χ0) is 17.3. The SMILES string of the molecule is Cc1ccc(N(c2ccccc2)c2c(C)cc(C)cc2C)c(C)c1. The van der Waals surface area contributed by atoms with E-state index in [-0.39, 0.29) is 0 Å². The predicted molar refractivity (Wildman–Crippen MR) is 105 cm³/mol. The van der Waals surface area contributed by atoms with Crippen LogP contribution in [-0.2, 0) is 0 Å². The summed E-state index contributed by atoms with van der Waals surface area (Å²) in [5.41, 5.74) is 10.2. The minimum atomic E-state index is 1.19. The summed E-state index contributed by atoms with van der Waals surface area (Å²) in [4.78, 5) is 2.39. The maximum absolute atomic E-state index is 2.39. The van der Waals surface area contributed by atoms with Crippen molar-refractivity contribution in [3.05, 3.63) is 88.5 Å². The Morgan fingerprint density at radius 1 is 0.583 bits per heavy atom. The molecular formula is C23H25N. The number of benzene rings is 3. The van der Waals surface area contributed by atoms with Gasteiger partial charge in [-0.05, 0) is 69.5 Å². The third-order valence-electron chi connectivity index (χ3n) is 4.47. The van der Waals surface area contributed by atoms with Crippen LogP contribution in [0.2, 0.25) is 0 Å². The number of para-hydroxylation sites is 1. The van der Waals surface area contributed by atoms with E-state index in [2.05, 4.69) is 100 Å². The molecule has 0 fully saturated rings. The molecule has 0 atom stereocenters. The zero-order valence-corrected chi connectivity index (χ0v) is 15.2. The molecule has 0 aliphatic heterocycles. The van der Waals surface area contributed by atoms with Crippen molar-refractivity contribution in [3.63, 3.8) is 0 Å². The lowest BCUT2D eigenvalue weighted by Gasteiger charge is -2.30. The summed E-state index contributed by atoms with van der Waals surface area (Å²) in [6, 6.07) is 21.8. The lowest BCUT2D eigenvalue weighted by Crippen LogP contribution is -2.14. The Morgan fingerprint density at radius 3 is 1.75 bits per heavy atom. The van der Waals surface area contributed by atoms with Crippen LogP contribution in [0.5, 0.6) is 0 Å². The molecule has 3 aromatic carbocycles. The molecular weight excluding hydrogens is 290 g/mol. The first-order valence-corrected chi connectivity index (χ1v) is 8.47. The second-order valence-electron chi connectivity index (χ2n) is 6.71. The molecule has 0 unspecified atom stereocenters. The van der Waals surface area contributed by atoms with E-state index in [1.807, 2.05) is 0 Å². The third-order valence-corrected chi connectivity index (χ3v) is 4.47. The van der Waals surface area contributed by atoms with Crippen LogP contribution in [0.15, 0.2) is 60.7 Å². The van der Waals surface area contributed by atoms with Crippen molar-refractivity contribution in [1.82, 2.24) is 0 Å². The van der Waals surface area contributed by atoms with Crippen LogP contribution in [0.25, 0.3) is 0 Å². The Labute approximate surface area is 145 Å². The zero-order valence-electron chi connectivity index (χ0n) is 15.2. The molecule has 122 valence electrons. The fourth-order valence-corrected chi connectivity index (χ4v) is 3.55. The van der Waals surface area contributed by atoms with E-state index in [4.69, 9.17) is 0 Å². The van der Waals surface area contributed by atoms with Gasteiger partial charge in [-0.15, -0.1) is 0 Å². The number of hydrogen-bond acceptors (Lipinski definition) is 1. The normalized spacial score (nSPS) is 10.7. The summed E-state index contributed by atoms with van der Waals surface area (Å²) in [6.45, 7) is 10.9. The van der Waals surface area contributed by atoms with Crippen molar-refractivity contribution >= 4 is 17.1 Å². The Kier molecular flexibility index (Phi) is 4.44. The monoisotopic (exact) mass is 315 g/mol. The smallest absolute Gasteiger partial charge is 0.0520 e. The van der Waals surface area contributed by atoms with Crippen LogP contribution < -0.4 is 4.90 Å². The highest BCUT2D eigenvalue weighted by Gasteiger charge is 2.18. The molecule has 0 N–H and O–H groups in total. The summed E-state index contributed by atoms with van der Waals surface area (Å²) in [5.74, 6) is 0. The van der Waals surface area contributed by atoms with Gasteiger partial charge in [0.05, 0.1) is 5.69 Å². The van der Waals surface area contributed by atoms with E-state index in [0.29, 0.717) is 0 Å². The minimum Gasteiger partial charge on any atom is -0.310 e. The Hall–Kier alpha value is -2.54. The maximum Gasteiger partial charge on any atom is 0.0520 e. The van der Waals surface area contributed by atoms with Gasteiger partial charge in [-0.3, -0.25) is 0 Å². The van der Waals surface area contributed by atoms with E-state index in [1.54, 1.807) is 0 Å². The second-order valence-corrected chi connectivity index (χ2v) is 6.71. The molecule has 0 aliphatic carbocycles. The summed E-state index contributed by atoms with van der Waals surface area (Å²) in [7, 11) is 0. The van der Waals surface area contributed by atoms with Gasteiger partial charge < -0.3 is 4.90 Å². The van der Waals surface area contributed by atoms with Crippen molar-refractivity contribution in [1.29, 1.82) is 0 Å². The van der Waals surface area contributed by atoms with Gasteiger partial charge in [0.15, 0.2) is 0 Å². The number of nitrogens with zero attached hydrogens (tertiary/aromatic N) is 1. The van der Waals surface area contributed by atoms with Gasteiger partial charge in [-0.25, -0.2) is 0 Å². The summed E-state index contributed by atoms with van der Waals surface area (Å²) in [5, 5.41) is 0. The highest BCUT2D eigenvalue weighted by atomic mass is 15.1. The third kappa shape index (κ3) is 3.07.